The Morgan fingerprint density at radius 2 is 1.70 bits per heavy atom. The molecule has 1 N–H and O–H groups in total. The number of nitrogens with zero attached hydrogens (tertiary/aromatic N) is 3. The van der Waals surface area contributed by atoms with Crippen molar-refractivity contribution in [1.82, 2.24) is 9.80 Å². The molecule has 0 bridgehead atoms. The molecule has 3 aromatic rings. The minimum Gasteiger partial charge on any atom is -0.490 e. The quantitative estimate of drug-likeness (QED) is 0.203. The van der Waals surface area contributed by atoms with Crippen molar-refractivity contribution in [2.45, 2.75) is 20.0 Å². The Morgan fingerprint density at radius 3 is 2.35 bits per heavy atom. The van der Waals surface area contributed by atoms with Crippen LogP contribution in [0.1, 0.15) is 34.0 Å². The molecule has 0 spiro atoms. The number of amides is 3. The monoisotopic (exact) mass is 641 g/mol. The van der Waals surface area contributed by atoms with Gasteiger partial charge in [0, 0.05) is 37.4 Å². The number of anilines is 1. The number of carbonyl (C=O) groups is 4. The second-order valence-corrected chi connectivity index (χ2v) is 11.7. The lowest BCUT2D eigenvalue weighted by Crippen LogP contribution is -2.51. The molecule has 3 amide bonds. The molecule has 5 rings (SSSR count). The zero-order chi connectivity index (χ0) is 32.6. The molecule has 0 radical (unpaired) electrons. The first-order valence-corrected chi connectivity index (χ1v) is 15.8. The maximum atomic E-state index is 13.3. The molecular formula is C35H35N3O7S. The van der Waals surface area contributed by atoms with Crippen molar-refractivity contribution in [1.29, 1.82) is 0 Å². The van der Waals surface area contributed by atoms with E-state index in [0.29, 0.717) is 56.3 Å². The molecule has 2 aliphatic heterocycles. The summed E-state index contributed by atoms with van der Waals surface area (Å²) in [6, 6.07) is 20.0. The van der Waals surface area contributed by atoms with Crippen LogP contribution in [0.4, 0.5) is 10.5 Å². The van der Waals surface area contributed by atoms with Crippen molar-refractivity contribution in [3.05, 3.63) is 107 Å². The first-order chi connectivity index (χ1) is 22.3. The molecule has 2 heterocycles. The normalized spacial score (nSPS) is 15.8. The molecule has 3 aromatic carbocycles. The van der Waals surface area contributed by atoms with Crippen LogP contribution < -0.4 is 14.4 Å². The fourth-order valence-electron chi connectivity index (χ4n) is 5.28. The number of ether oxygens (including phenoxy) is 2. The lowest BCUT2D eigenvalue weighted by Gasteiger charge is -2.36. The molecule has 238 valence electrons. The summed E-state index contributed by atoms with van der Waals surface area (Å²) in [6.07, 6.45) is 3.79. The molecule has 0 unspecified atom stereocenters. The second kappa shape index (κ2) is 14.8. The molecule has 0 aliphatic carbocycles. The predicted octanol–water partition coefficient (Wildman–Crippen LogP) is 5.48. The Bertz CT molecular complexity index is 1650. The average Bonchev–Trinajstić information content (AvgIpc) is 3.32. The Labute approximate surface area is 271 Å². The van der Waals surface area contributed by atoms with E-state index in [-0.39, 0.29) is 29.5 Å². The fourth-order valence-corrected chi connectivity index (χ4v) is 6.11. The van der Waals surface area contributed by atoms with Crippen LogP contribution in [0.3, 0.4) is 0 Å². The van der Waals surface area contributed by atoms with Gasteiger partial charge in [0.1, 0.15) is 13.2 Å². The van der Waals surface area contributed by atoms with E-state index in [1.807, 2.05) is 43.3 Å². The molecule has 0 saturated carbocycles. The largest absolute Gasteiger partial charge is 0.490 e. The number of imide groups is 1. The standard InChI is InChI=1S/C35H35N3O7S/c1-3-8-27-19-25(20-29(44-4-2)32(27)45-23-24-11-13-26(14-12-24)34(41)42)21-30-33(40)38(35(43)46-30)22-31(39)37-17-15-36(16-18-37)28-9-6-5-7-10-28/h3,5-7,9-14,19-21H,1,4,8,15-18,22-23H2,2H3,(H,41,42)/b30-21+. The highest BCUT2D eigenvalue weighted by atomic mass is 32.2. The van der Waals surface area contributed by atoms with E-state index >= 15 is 0 Å². The highest BCUT2D eigenvalue weighted by molar-refractivity contribution is 8.18. The molecule has 46 heavy (non-hydrogen) atoms. The molecule has 2 fully saturated rings. The lowest BCUT2D eigenvalue weighted by atomic mass is 10.0. The van der Waals surface area contributed by atoms with Crippen molar-refractivity contribution in [2.24, 2.45) is 0 Å². The van der Waals surface area contributed by atoms with Crippen LogP contribution in [0.5, 0.6) is 11.5 Å². The third kappa shape index (κ3) is 7.60. The average molecular weight is 642 g/mol. The first-order valence-electron chi connectivity index (χ1n) is 15.0. The topological polar surface area (TPSA) is 117 Å². The number of allylic oxidation sites excluding steroid dienone is 1. The smallest absolute Gasteiger partial charge is 0.335 e. The van der Waals surface area contributed by atoms with E-state index in [9.17, 15) is 19.2 Å². The summed E-state index contributed by atoms with van der Waals surface area (Å²) in [6.45, 7) is 8.29. The number of hydrogen-bond donors (Lipinski definition) is 1. The number of thioether (sulfide) groups is 1. The first kappa shape index (κ1) is 32.4. The molecule has 0 atom stereocenters. The van der Waals surface area contributed by atoms with Crippen LogP contribution >= 0.6 is 11.8 Å². The van der Waals surface area contributed by atoms with Gasteiger partial charge < -0.3 is 24.4 Å². The van der Waals surface area contributed by atoms with Gasteiger partial charge in [-0.15, -0.1) is 6.58 Å². The van der Waals surface area contributed by atoms with Crippen molar-refractivity contribution >= 4 is 46.5 Å². The van der Waals surface area contributed by atoms with E-state index in [0.717, 1.165) is 33.5 Å². The highest BCUT2D eigenvalue weighted by Gasteiger charge is 2.37. The summed E-state index contributed by atoms with van der Waals surface area (Å²) < 4.78 is 12.1. The zero-order valence-corrected chi connectivity index (χ0v) is 26.3. The van der Waals surface area contributed by atoms with E-state index in [1.54, 1.807) is 35.3 Å². The number of carboxylic acids is 1. The molecule has 11 heteroatoms. The van der Waals surface area contributed by atoms with Crippen molar-refractivity contribution in [2.75, 3.05) is 44.2 Å². The van der Waals surface area contributed by atoms with E-state index in [4.69, 9.17) is 14.6 Å². The summed E-state index contributed by atoms with van der Waals surface area (Å²) in [5.41, 5.74) is 3.46. The van der Waals surface area contributed by atoms with Crippen LogP contribution in [0.25, 0.3) is 6.08 Å². The van der Waals surface area contributed by atoms with Crippen LogP contribution in [0, 0.1) is 0 Å². The molecular weight excluding hydrogens is 606 g/mol. The van der Waals surface area contributed by atoms with Crippen molar-refractivity contribution < 1.29 is 33.8 Å². The van der Waals surface area contributed by atoms with Gasteiger partial charge in [0.05, 0.1) is 17.1 Å². The van der Waals surface area contributed by atoms with E-state index in [1.165, 1.54) is 12.1 Å². The van der Waals surface area contributed by atoms with E-state index in [2.05, 4.69) is 11.5 Å². The number of para-hydroxylation sites is 1. The van der Waals surface area contributed by atoms with Gasteiger partial charge in [-0.25, -0.2) is 4.79 Å². The summed E-state index contributed by atoms with van der Waals surface area (Å²) in [5.74, 6) is -0.814. The summed E-state index contributed by atoms with van der Waals surface area (Å²) in [5, 5.41) is 8.67. The van der Waals surface area contributed by atoms with Crippen LogP contribution in [0.15, 0.2) is 84.3 Å². The van der Waals surface area contributed by atoms with Gasteiger partial charge in [-0.3, -0.25) is 19.3 Å². The molecule has 10 nitrogen and oxygen atoms in total. The Balaban J connectivity index is 1.28. The number of rotatable bonds is 12. The van der Waals surface area contributed by atoms with Gasteiger partial charge in [-0.1, -0.05) is 36.4 Å². The lowest BCUT2D eigenvalue weighted by molar-refractivity contribution is -0.136. The Hall–Kier alpha value is -5.03. The van der Waals surface area contributed by atoms with Crippen LogP contribution in [-0.4, -0.2) is 77.3 Å². The van der Waals surface area contributed by atoms with Gasteiger partial charge in [0.15, 0.2) is 11.5 Å². The summed E-state index contributed by atoms with van der Waals surface area (Å²) in [4.78, 5) is 55.6. The maximum absolute atomic E-state index is 13.3. The highest BCUT2D eigenvalue weighted by Crippen LogP contribution is 2.38. The van der Waals surface area contributed by atoms with E-state index < -0.39 is 17.1 Å². The van der Waals surface area contributed by atoms with Gasteiger partial charge in [0.25, 0.3) is 11.1 Å². The number of carbonyl (C=O) groups excluding carboxylic acids is 3. The molecule has 2 aliphatic rings. The minimum absolute atomic E-state index is 0.178. The predicted molar refractivity (Wildman–Crippen MR) is 177 cm³/mol. The Morgan fingerprint density at radius 1 is 0.978 bits per heavy atom. The van der Waals surface area contributed by atoms with Crippen LogP contribution in [0.2, 0.25) is 0 Å². The fraction of sp³-hybridized carbons (Fsp3) is 0.257. The van der Waals surface area contributed by atoms with Gasteiger partial charge in [-0.05, 0) is 78.7 Å². The number of hydrogen-bond acceptors (Lipinski definition) is 8. The number of benzene rings is 3. The molecule has 2 saturated heterocycles. The number of piperazine rings is 1. The second-order valence-electron chi connectivity index (χ2n) is 10.7. The van der Waals surface area contributed by atoms with Crippen LogP contribution in [-0.2, 0) is 22.6 Å². The number of carboxylic acid groups (broad SMARTS) is 1. The van der Waals surface area contributed by atoms with Gasteiger partial charge in [-0.2, -0.15) is 0 Å². The summed E-state index contributed by atoms with van der Waals surface area (Å²) >= 11 is 0.802. The Kier molecular flexibility index (Phi) is 10.4. The van der Waals surface area contributed by atoms with Crippen molar-refractivity contribution in [3.63, 3.8) is 0 Å². The zero-order valence-electron chi connectivity index (χ0n) is 25.5. The third-order valence-corrected chi connectivity index (χ3v) is 8.53. The van der Waals surface area contributed by atoms with Gasteiger partial charge in [0.2, 0.25) is 5.91 Å². The van der Waals surface area contributed by atoms with Crippen molar-refractivity contribution in [3.8, 4) is 11.5 Å². The molecule has 0 aromatic heterocycles. The maximum Gasteiger partial charge on any atom is 0.335 e. The van der Waals surface area contributed by atoms with Gasteiger partial charge >= 0.3 is 5.97 Å². The summed E-state index contributed by atoms with van der Waals surface area (Å²) in [7, 11) is 0. The minimum atomic E-state index is -1.00. The SMILES string of the molecule is C=CCc1cc(/C=C2/SC(=O)N(CC(=O)N3CCN(c4ccccc4)CC3)C2=O)cc(OCC)c1OCc1ccc(C(=O)O)cc1. The number of aromatic carboxylic acids is 1. The third-order valence-electron chi connectivity index (χ3n) is 7.62.